The fourth-order valence-corrected chi connectivity index (χ4v) is 0.890. The molecule has 0 saturated carbocycles. The Kier molecular flexibility index (Phi) is 2.13. The average Bonchev–Trinajstić information content (AvgIpc) is 1.96. The van der Waals surface area contributed by atoms with E-state index in [0.717, 1.165) is 4.68 Å². The van der Waals surface area contributed by atoms with Crippen LogP contribution in [-0.4, -0.2) is 14.8 Å². The largest absolute Gasteiger partial charge is 0.339 e. The highest BCUT2D eigenvalue weighted by molar-refractivity contribution is 7.80. The van der Waals surface area contributed by atoms with Crippen molar-refractivity contribution in [2.45, 2.75) is 18.6 Å². The second-order valence-corrected chi connectivity index (χ2v) is 2.33. The van der Waals surface area contributed by atoms with E-state index in [-0.39, 0.29) is 5.16 Å². The second kappa shape index (κ2) is 2.91. The van der Waals surface area contributed by atoms with E-state index in [4.69, 9.17) is 0 Å². The molecular formula is C5H7N3O2S. The van der Waals surface area contributed by atoms with Crippen molar-refractivity contribution in [1.82, 2.24) is 14.8 Å². The standard InChI is InChI=1S/C5H7N3O2S/c1-2-8-4(10)3(9)6-5(11)7-8/h2H2,1H3,(H2,6,7,9,11). The van der Waals surface area contributed by atoms with Crippen LogP contribution in [0.25, 0.3) is 0 Å². The summed E-state index contributed by atoms with van der Waals surface area (Å²) >= 11 is 3.80. The maximum atomic E-state index is 10.9. The summed E-state index contributed by atoms with van der Waals surface area (Å²) in [5.41, 5.74) is -1.43. The number of aromatic nitrogens is 3. The van der Waals surface area contributed by atoms with Crippen molar-refractivity contribution in [1.29, 1.82) is 0 Å². The number of H-pyrrole nitrogens is 1. The van der Waals surface area contributed by atoms with Crippen LogP contribution in [0.1, 0.15) is 6.92 Å². The summed E-state index contributed by atoms with van der Waals surface area (Å²) in [6, 6.07) is 0. The number of thiol groups is 1. The maximum Gasteiger partial charge on any atom is 0.339 e. The van der Waals surface area contributed by atoms with Crippen LogP contribution >= 0.6 is 12.6 Å². The first-order chi connectivity index (χ1) is 5.15. The molecule has 0 amide bonds. The predicted octanol–water partition coefficient (Wildman–Crippen LogP) is -0.760. The summed E-state index contributed by atoms with van der Waals surface area (Å²) < 4.78 is 1.15. The van der Waals surface area contributed by atoms with Crippen molar-refractivity contribution in [3.63, 3.8) is 0 Å². The molecule has 11 heavy (non-hydrogen) atoms. The molecule has 0 spiro atoms. The third-order valence-corrected chi connectivity index (χ3v) is 1.39. The van der Waals surface area contributed by atoms with Gasteiger partial charge in [-0.2, -0.15) is 4.98 Å². The molecule has 0 aliphatic rings. The Bertz CT molecular complexity index is 367. The summed E-state index contributed by atoms with van der Waals surface area (Å²) in [5.74, 6) is 0. The van der Waals surface area contributed by atoms with Gasteiger partial charge in [0.1, 0.15) is 0 Å². The van der Waals surface area contributed by atoms with Gasteiger partial charge in [-0.15, -0.1) is 12.6 Å². The highest BCUT2D eigenvalue weighted by Crippen LogP contribution is 1.85. The van der Waals surface area contributed by atoms with Crippen LogP contribution in [0.15, 0.2) is 14.7 Å². The lowest BCUT2D eigenvalue weighted by Gasteiger charge is -1.99. The molecule has 0 atom stereocenters. The molecule has 6 heteroatoms. The summed E-state index contributed by atoms with van der Waals surface area (Å²) in [5, 5.41) is 2.67. The Labute approximate surface area is 67.5 Å². The summed E-state index contributed by atoms with van der Waals surface area (Å²) in [6.45, 7) is 2.15. The SMILES string of the molecule is CCn1[nH]c(S)nc(=O)c1=O. The van der Waals surface area contributed by atoms with Gasteiger partial charge in [-0.1, -0.05) is 0 Å². The van der Waals surface area contributed by atoms with Crippen LogP contribution in [0.3, 0.4) is 0 Å². The lowest BCUT2D eigenvalue weighted by molar-refractivity contribution is 0.558. The Balaban J connectivity index is 3.49. The molecule has 0 saturated heterocycles. The lowest BCUT2D eigenvalue weighted by atomic mass is 10.7. The van der Waals surface area contributed by atoms with Crippen molar-refractivity contribution in [2.75, 3.05) is 0 Å². The summed E-state index contributed by atoms with van der Waals surface area (Å²) in [6.07, 6.45) is 0. The van der Waals surface area contributed by atoms with Crippen LogP contribution in [0, 0.1) is 0 Å². The average molecular weight is 173 g/mol. The molecule has 0 aliphatic heterocycles. The van der Waals surface area contributed by atoms with Crippen molar-refractivity contribution in [2.24, 2.45) is 0 Å². The number of rotatable bonds is 1. The van der Waals surface area contributed by atoms with Gasteiger partial charge in [0, 0.05) is 6.54 Å². The van der Waals surface area contributed by atoms with Gasteiger partial charge in [0.2, 0.25) is 0 Å². The zero-order valence-electron chi connectivity index (χ0n) is 5.87. The molecule has 0 fully saturated rings. The van der Waals surface area contributed by atoms with E-state index in [1.165, 1.54) is 0 Å². The van der Waals surface area contributed by atoms with E-state index in [0.29, 0.717) is 6.54 Å². The van der Waals surface area contributed by atoms with Crippen LogP contribution in [0.5, 0.6) is 0 Å². The van der Waals surface area contributed by atoms with Gasteiger partial charge in [0.05, 0.1) is 0 Å². The van der Waals surface area contributed by atoms with E-state index in [2.05, 4.69) is 22.7 Å². The number of hydrogen-bond donors (Lipinski definition) is 2. The maximum absolute atomic E-state index is 10.9. The van der Waals surface area contributed by atoms with Crippen LogP contribution < -0.4 is 11.1 Å². The van der Waals surface area contributed by atoms with Gasteiger partial charge in [-0.3, -0.25) is 14.7 Å². The van der Waals surface area contributed by atoms with Crippen LogP contribution in [0.4, 0.5) is 0 Å². The van der Waals surface area contributed by atoms with E-state index in [1.807, 2.05) is 0 Å². The first-order valence-corrected chi connectivity index (χ1v) is 3.50. The van der Waals surface area contributed by atoms with Gasteiger partial charge >= 0.3 is 11.1 Å². The first-order valence-electron chi connectivity index (χ1n) is 3.05. The highest BCUT2D eigenvalue weighted by Gasteiger charge is 1.99. The Hall–Kier alpha value is -1.04. The van der Waals surface area contributed by atoms with Gasteiger partial charge in [0.25, 0.3) is 0 Å². The van der Waals surface area contributed by atoms with E-state index in [1.54, 1.807) is 6.92 Å². The highest BCUT2D eigenvalue weighted by atomic mass is 32.1. The Morgan fingerprint density at radius 1 is 1.64 bits per heavy atom. The minimum absolute atomic E-state index is 0.149. The molecule has 0 aliphatic carbocycles. The summed E-state index contributed by atoms with van der Waals surface area (Å²) in [7, 11) is 0. The number of aromatic amines is 1. The number of aryl methyl sites for hydroxylation is 1. The quantitative estimate of drug-likeness (QED) is 0.433. The van der Waals surface area contributed by atoms with Crippen LogP contribution in [0.2, 0.25) is 0 Å². The number of nitrogens with one attached hydrogen (secondary N) is 1. The van der Waals surface area contributed by atoms with Crippen molar-refractivity contribution in [3.8, 4) is 0 Å². The minimum Gasteiger partial charge on any atom is -0.273 e. The van der Waals surface area contributed by atoms with Crippen LogP contribution in [-0.2, 0) is 6.54 Å². The van der Waals surface area contributed by atoms with Gasteiger partial charge in [0.15, 0.2) is 5.16 Å². The van der Waals surface area contributed by atoms with Crippen molar-refractivity contribution in [3.05, 3.63) is 20.7 Å². The van der Waals surface area contributed by atoms with E-state index >= 15 is 0 Å². The smallest absolute Gasteiger partial charge is 0.273 e. The third-order valence-electron chi connectivity index (χ3n) is 1.19. The number of hydrogen-bond acceptors (Lipinski definition) is 4. The molecule has 0 aromatic carbocycles. The molecule has 1 aromatic heterocycles. The first kappa shape index (κ1) is 8.06. The predicted molar refractivity (Wildman–Crippen MR) is 42.0 cm³/mol. The topological polar surface area (TPSA) is 67.8 Å². The molecule has 5 nitrogen and oxygen atoms in total. The molecule has 0 bridgehead atoms. The van der Waals surface area contributed by atoms with Gasteiger partial charge in [-0.05, 0) is 6.92 Å². The zero-order valence-corrected chi connectivity index (χ0v) is 6.76. The second-order valence-electron chi connectivity index (χ2n) is 1.90. The fraction of sp³-hybridized carbons (Fsp3) is 0.400. The lowest BCUT2D eigenvalue weighted by Crippen LogP contribution is -2.37. The molecule has 0 radical (unpaired) electrons. The molecular weight excluding hydrogens is 166 g/mol. The number of nitrogens with zero attached hydrogens (tertiary/aromatic N) is 2. The molecule has 0 unspecified atom stereocenters. The van der Waals surface area contributed by atoms with Gasteiger partial charge in [-0.25, -0.2) is 4.68 Å². The van der Waals surface area contributed by atoms with Crippen molar-refractivity contribution >= 4 is 12.6 Å². The Morgan fingerprint density at radius 2 is 2.27 bits per heavy atom. The minimum atomic E-state index is -0.782. The molecule has 1 N–H and O–H groups in total. The summed E-state index contributed by atoms with van der Waals surface area (Å²) in [4.78, 5) is 24.9. The molecule has 1 heterocycles. The normalized spacial score (nSPS) is 10.0. The zero-order chi connectivity index (χ0) is 8.43. The molecule has 1 rings (SSSR count). The van der Waals surface area contributed by atoms with Gasteiger partial charge < -0.3 is 0 Å². The third kappa shape index (κ3) is 1.51. The Morgan fingerprint density at radius 3 is 2.82 bits per heavy atom. The monoisotopic (exact) mass is 173 g/mol. The van der Waals surface area contributed by atoms with E-state index in [9.17, 15) is 9.59 Å². The van der Waals surface area contributed by atoms with Crippen molar-refractivity contribution < 1.29 is 0 Å². The molecule has 1 aromatic rings. The fourth-order valence-electron chi connectivity index (χ4n) is 0.679. The van der Waals surface area contributed by atoms with E-state index < -0.39 is 11.1 Å². The molecule has 60 valence electrons.